The highest BCUT2D eigenvalue weighted by atomic mass is 19.1. The zero-order valence-electron chi connectivity index (χ0n) is 16.2. The fourth-order valence-electron chi connectivity index (χ4n) is 3.44. The highest BCUT2D eigenvalue weighted by molar-refractivity contribution is 5.86. The number of nitro benzene ring substituents is 1. The monoisotopic (exact) mass is 400 g/mol. The third kappa shape index (κ3) is 3.73. The molecule has 0 saturated carbocycles. The van der Waals surface area contributed by atoms with Gasteiger partial charge in [0.15, 0.2) is 23.5 Å². The lowest BCUT2D eigenvalue weighted by Gasteiger charge is -2.24. The molecule has 0 radical (unpaired) electrons. The topological polar surface area (TPSA) is 82.7 Å². The Bertz CT molecular complexity index is 1060. The molecule has 2 heterocycles. The minimum absolute atomic E-state index is 0.0824. The molecule has 0 N–H and O–H groups in total. The van der Waals surface area contributed by atoms with Crippen molar-refractivity contribution in [1.29, 1.82) is 0 Å². The number of fused-ring (bicyclic) bond motifs is 1. The molecular formula is C20H21FN4O4. The van der Waals surface area contributed by atoms with Gasteiger partial charge in [0.1, 0.15) is 0 Å². The van der Waals surface area contributed by atoms with Crippen molar-refractivity contribution >= 4 is 22.3 Å². The molecule has 0 amide bonds. The first kappa shape index (κ1) is 19.1. The molecule has 0 bridgehead atoms. The molecular weight excluding hydrogens is 379 g/mol. The largest absolute Gasteiger partial charge is 0.452 e. The van der Waals surface area contributed by atoms with Gasteiger partial charge in [0.2, 0.25) is 0 Å². The van der Waals surface area contributed by atoms with Crippen molar-refractivity contribution in [1.82, 2.24) is 9.78 Å². The Balaban J connectivity index is 1.72. The number of anilines is 1. The Morgan fingerprint density at radius 3 is 2.76 bits per heavy atom. The van der Waals surface area contributed by atoms with Crippen LogP contribution in [0.5, 0.6) is 11.5 Å². The summed E-state index contributed by atoms with van der Waals surface area (Å²) in [6.07, 6.45) is 4.67. The van der Waals surface area contributed by atoms with E-state index < -0.39 is 10.7 Å². The molecule has 1 aliphatic heterocycles. The van der Waals surface area contributed by atoms with Crippen molar-refractivity contribution in [2.24, 2.45) is 0 Å². The maximum Gasteiger partial charge on any atom is 0.272 e. The van der Waals surface area contributed by atoms with Crippen LogP contribution in [0.1, 0.15) is 25.5 Å². The van der Waals surface area contributed by atoms with Crippen LogP contribution in [0.4, 0.5) is 15.8 Å². The predicted octanol–water partition coefficient (Wildman–Crippen LogP) is 4.64. The van der Waals surface area contributed by atoms with Crippen LogP contribution in [0.15, 0.2) is 36.5 Å². The quantitative estimate of drug-likeness (QED) is 0.458. The number of hydrogen-bond donors (Lipinski definition) is 0. The molecule has 1 unspecified atom stereocenters. The molecule has 1 atom stereocenters. The number of aromatic nitrogens is 2. The maximum absolute atomic E-state index is 14.3. The molecule has 1 fully saturated rings. The van der Waals surface area contributed by atoms with Gasteiger partial charge in [-0.2, -0.15) is 5.10 Å². The number of nitro groups is 1. The number of hydrogen-bond acceptors (Lipinski definition) is 6. The molecule has 4 rings (SSSR count). The van der Waals surface area contributed by atoms with E-state index in [-0.39, 0.29) is 17.7 Å². The first-order valence-corrected chi connectivity index (χ1v) is 9.36. The van der Waals surface area contributed by atoms with E-state index in [0.29, 0.717) is 12.4 Å². The summed E-state index contributed by atoms with van der Waals surface area (Å²) in [5.74, 6) is -0.448. The van der Waals surface area contributed by atoms with Gasteiger partial charge in [-0.3, -0.25) is 10.1 Å². The van der Waals surface area contributed by atoms with E-state index in [1.165, 1.54) is 12.1 Å². The minimum Gasteiger partial charge on any atom is -0.452 e. The first-order valence-electron chi connectivity index (χ1n) is 9.36. The Hall–Kier alpha value is -3.20. The number of ether oxygens (including phenoxy) is 2. The highest BCUT2D eigenvalue weighted by Gasteiger charge is 2.21. The highest BCUT2D eigenvalue weighted by Crippen LogP contribution is 2.38. The molecule has 152 valence electrons. The van der Waals surface area contributed by atoms with E-state index >= 15 is 0 Å². The number of halogens is 1. The molecule has 1 aliphatic rings. The van der Waals surface area contributed by atoms with Crippen molar-refractivity contribution in [3.8, 4) is 11.5 Å². The van der Waals surface area contributed by atoms with Gasteiger partial charge in [-0.05, 0) is 37.5 Å². The second-order valence-corrected chi connectivity index (χ2v) is 7.16. The Morgan fingerprint density at radius 2 is 2.10 bits per heavy atom. The Morgan fingerprint density at radius 1 is 1.28 bits per heavy atom. The number of nitrogens with zero attached hydrogens (tertiary/aromatic N) is 4. The van der Waals surface area contributed by atoms with Gasteiger partial charge in [0, 0.05) is 32.2 Å². The smallest absolute Gasteiger partial charge is 0.272 e. The summed E-state index contributed by atoms with van der Waals surface area (Å²) in [6, 6.07) is 7.04. The summed E-state index contributed by atoms with van der Waals surface area (Å²) < 4.78 is 27.8. The van der Waals surface area contributed by atoms with E-state index in [0.717, 1.165) is 41.9 Å². The lowest BCUT2D eigenvalue weighted by molar-refractivity contribution is -0.385. The summed E-state index contributed by atoms with van der Waals surface area (Å²) >= 11 is 0. The van der Waals surface area contributed by atoms with E-state index in [1.807, 2.05) is 29.7 Å². The number of rotatable bonds is 5. The molecule has 1 saturated heterocycles. The van der Waals surface area contributed by atoms with Crippen LogP contribution in [0.2, 0.25) is 0 Å². The van der Waals surface area contributed by atoms with E-state index in [1.54, 1.807) is 12.3 Å². The van der Waals surface area contributed by atoms with Gasteiger partial charge < -0.3 is 14.4 Å². The predicted molar refractivity (Wildman–Crippen MR) is 106 cm³/mol. The first-order chi connectivity index (χ1) is 13.9. The number of benzene rings is 2. The summed E-state index contributed by atoms with van der Waals surface area (Å²) in [4.78, 5) is 12.0. The summed E-state index contributed by atoms with van der Waals surface area (Å²) in [7, 11) is 3.72. The lowest BCUT2D eigenvalue weighted by atomic mass is 10.1. The van der Waals surface area contributed by atoms with Crippen molar-refractivity contribution in [2.75, 3.05) is 25.6 Å². The van der Waals surface area contributed by atoms with Crippen LogP contribution in [-0.4, -0.2) is 35.4 Å². The average Bonchev–Trinajstić information content (AvgIpc) is 3.12. The zero-order valence-corrected chi connectivity index (χ0v) is 16.2. The number of non-ortho nitro benzene ring substituents is 1. The molecule has 0 aliphatic carbocycles. The van der Waals surface area contributed by atoms with Crippen molar-refractivity contribution < 1.29 is 18.8 Å². The van der Waals surface area contributed by atoms with Crippen LogP contribution < -0.4 is 9.64 Å². The van der Waals surface area contributed by atoms with Crippen LogP contribution in [0, 0.1) is 15.9 Å². The van der Waals surface area contributed by atoms with Crippen molar-refractivity contribution in [2.45, 2.75) is 25.5 Å². The standard InChI is InChI=1S/C20H21FN4O4/c1-23(2)17-11-16-13(12-22-24(16)20-5-3-4-8-28-20)9-19(17)29-18-7-6-14(25(26)27)10-15(18)21/h6-7,9-12,20H,3-5,8H2,1-2H3. The molecule has 3 aromatic rings. The zero-order chi connectivity index (χ0) is 20.5. The van der Waals surface area contributed by atoms with Gasteiger partial charge >= 0.3 is 0 Å². The molecule has 1 aromatic heterocycles. The van der Waals surface area contributed by atoms with E-state index in [9.17, 15) is 14.5 Å². The summed E-state index contributed by atoms with van der Waals surface area (Å²) in [5.41, 5.74) is 1.30. The minimum atomic E-state index is -0.796. The normalized spacial score (nSPS) is 16.7. The lowest BCUT2D eigenvalue weighted by Crippen LogP contribution is -2.19. The van der Waals surface area contributed by atoms with Crippen molar-refractivity contribution in [3.05, 3.63) is 52.5 Å². The molecule has 8 nitrogen and oxygen atoms in total. The Kier molecular flexibility index (Phi) is 5.06. The van der Waals surface area contributed by atoms with Crippen LogP contribution >= 0.6 is 0 Å². The van der Waals surface area contributed by atoms with Crippen LogP contribution in [0.3, 0.4) is 0 Å². The van der Waals surface area contributed by atoms with Crippen LogP contribution in [0.25, 0.3) is 10.9 Å². The molecule has 0 spiro atoms. The van der Waals surface area contributed by atoms with Gasteiger partial charge in [0.25, 0.3) is 5.69 Å². The third-order valence-electron chi connectivity index (χ3n) is 4.93. The Labute approximate surface area is 166 Å². The summed E-state index contributed by atoms with van der Waals surface area (Å²) in [5, 5.41) is 16.1. The van der Waals surface area contributed by atoms with Crippen molar-refractivity contribution in [3.63, 3.8) is 0 Å². The molecule has 29 heavy (non-hydrogen) atoms. The second-order valence-electron chi connectivity index (χ2n) is 7.16. The molecule has 9 heteroatoms. The summed E-state index contributed by atoms with van der Waals surface area (Å²) in [6.45, 7) is 0.715. The van der Waals surface area contributed by atoms with Crippen LogP contribution in [-0.2, 0) is 4.74 Å². The fourth-order valence-corrected chi connectivity index (χ4v) is 3.44. The fraction of sp³-hybridized carbons (Fsp3) is 0.350. The van der Waals surface area contributed by atoms with Gasteiger partial charge in [0.05, 0.1) is 28.4 Å². The second kappa shape index (κ2) is 7.67. The van der Waals surface area contributed by atoms with Gasteiger partial charge in [-0.15, -0.1) is 0 Å². The average molecular weight is 400 g/mol. The van der Waals surface area contributed by atoms with Gasteiger partial charge in [-0.1, -0.05) is 0 Å². The van der Waals surface area contributed by atoms with Gasteiger partial charge in [-0.25, -0.2) is 9.07 Å². The maximum atomic E-state index is 14.3. The van der Waals surface area contributed by atoms with E-state index in [4.69, 9.17) is 9.47 Å². The SMILES string of the molecule is CN(C)c1cc2c(cnn2C2CCCCO2)cc1Oc1ccc([N+](=O)[O-])cc1F. The van der Waals surface area contributed by atoms with E-state index in [2.05, 4.69) is 5.10 Å². The third-order valence-corrected chi connectivity index (χ3v) is 4.93. The molecule has 2 aromatic carbocycles.